The molecule has 1 unspecified atom stereocenters. The number of likely N-dealkylation sites (tertiary alicyclic amines) is 1. The van der Waals surface area contributed by atoms with E-state index < -0.39 is 24.3 Å². The molecule has 0 radical (unpaired) electrons. The Morgan fingerprint density at radius 2 is 1.82 bits per heavy atom. The van der Waals surface area contributed by atoms with Gasteiger partial charge in [-0.1, -0.05) is 6.07 Å². The Bertz CT molecular complexity index is 1350. The average Bonchev–Trinajstić information content (AvgIpc) is 3.54. The van der Waals surface area contributed by atoms with Gasteiger partial charge in [0.1, 0.15) is 24.1 Å². The minimum absolute atomic E-state index is 0. The van der Waals surface area contributed by atoms with Crippen molar-refractivity contribution in [1.29, 1.82) is 5.41 Å². The third-order valence-electron chi connectivity index (χ3n) is 6.56. The molecule has 1 saturated heterocycles. The molecule has 0 spiro atoms. The second kappa shape index (κ2) is 13.1. The van der Waals surface area contributed by atoms with Crippen LogP contribution in [0.25, 0.3) is 11.0 Å². The van der Waals surface area contributed by atoms with Crippen molar-refractivity contribution in [2.75, 3.05) is 25.0 Å². The minimum atomic E-state index is -0.928. The number of amidine groups is 1. The number of carbonyl (C=O) groups excluding carboxylic acids is 3. The lowest BCUT2D eigenvalue weighted by atomic mass is 10.0. The first kappa shape index (κ1) is 29.4. The largest absolute Gasteiger partial charge is 0.466 e. The molecule has 39 heavy (non-hydrogen) atoms. The summed E-state index contributed by atoms with van der Waals surface area (Å²) in [5.41, 5.74) is 9.20. The van der Waals surface area contributed by atoms with Crippen LogP contribution in [0.2, 0.25) is 0 Å². The molecule has 1 aliphatic heterocycles. The maximum Gasteiger partial charge on any atom is 0.315 e. The summed E-state index contributed by atoms with van der Waals surface area (Å²) in [6.07, 6.45) is 1.39. The van der Waals surface area contributed by atoms with E-state index in [1.807, 2.05) is 41.9 Å². The van der Waals surface area contributed by atoms with E-state index in [9.17, 15) is 14.4 Å². The standard InChI is InChI=1S/C27H33N7O4.ClH/c1-3-38-24(36)15-23(35)32-25(27(37)34-12-4-5-13-34)18-8-11-21-20(14-18)31-22(33(21)2)16-30-19-9-6-17(7-10-19)26(28)29;/h6-11,14,25,30H,3-5,12-13,15-16H2,1-2H3,(H3,28,29)(H,32,35);1H. The summed E-state index contributed by atoms with van der Waals surface area (Å²) in [5.74, 6) is -0.609. The molecule has 0 bridgehead atoms. The lowest BCUT2D eigenvalue weighted by molar-refractivity contribution is -0.147. The van der Waals surface area contributed by atoms with Crippen molar-refractivity contribution in [2.24, 2.45) is 12.8 Å². The van der Waals surface area contributed by atoms with E-state index in [2.05, 4.69) is 10.6 Å². The number of imidazole rings is 1. The Hall–Kier alpha value is -4.12. The van der Waals surface area contributed by atoms with Crippen molar-refractivity contribution >= 4 is 52.7 Å². The molecule has 2 heterocycles. The van der Waals surface area contributed by atoms with Gasteiger partial charge >= 0.3 is 5.97 Å². The number of halogens is 1. The molecule has 4 rings (SSSR count). The maximum absolute atomic E-state index is 13.4. The lowest BCUT2D eigenvalue weighted by Crippen LogP contribution is -2.42. The number of amides is 2. The van der Waals surface area contributed by atoms with E-state index >= 15 is 0 Å². The number of anilines is 1. The van der Waals surface area contributed by atoms with E-state index in [4.69, 9.17) is 20.9 Å². The first-order valence-corrected chi connectivity index (χ1v) is 12.6. The van der Waals surface area contributed by atoms with Gasteiger partial charge in [0, 0.05) is 31.4 Å². The average molecular weight is 556 g/mol. The van der Waals surface area contributed by atoms with Crippen molar-refractivity contribution in [1.82, 2.24) is 19.8 Å². The SMILES string of the molecule is CCOC(=O)CC(=O)NC(C(=O)N1CCCC1)c1ccc2c(c1)nc(CNc1ccc(C(=N)N)cc1)n2C.Cl. The van der Waals surface area contributed by atoms with Crippen LogP contribution in [0.3, 0.4) is 0 Å². The van der Waals surface area contributed by atoms with E-state index in [0.29, 0.717) is 36.3 Å². The van der Waals surface area contributed by atoms with Crippen LogP contribution < -0.4 is 16.4 Å². The van der Waals surface area contributed by atoms with Gasteiger partial charge in [0.25, 0.3) is 0 Å². The number of hydrogen-bond acceptors (Lipinski definition) is 7. The summed E-state index contributed by atoms with van der Waals surface area (Å²) in [7, 11) is 1.92. The van der Waals surface area contributed by atoms with E-state index in [-0.39, 0.29) is 30.8 Å². The number of nitrogens with one attached hydrogen (secondary N) is 3. The van der Waals surface area contributed by atoms with Gasteiger partial charge in [0.15, 0.2) is 0 Å². The molecule has 0 aliphatic carbocycles. The fourth-order valence-corrected chi connectivity index (χ4v) is 4.52. The molecule has 12 heteroatoms. The number of carbonyl (C=O) groups is 3. The molecule has 3 aromatic rings. The second-order valence-corrected chi connectivity index (χ2v) is 9.19. The van der Waals surface area contributed by atoms with Gasteiger partial charge in [-0.25, -0.2) is 4.98 Å². The van der Waals surface area contributed by atoms with E-state index in [0.717, 1.165) is 29.9 Å². The molecule has 208 valence electrons. The first-order valence-electron chi connectivity index (χ1n) is 12.6. The first-order chi connectivity index (χ1) is 18.3. The predicted octanol–water partition coefficient (Wildman–Crippen LogP) is 2.62. The summed E-state index contributed by atoms with van der Waals surface area (Å²) < 4.78 is 6.84. The topological polar surface area (TPSA) is 155 Å². The van der Waals surface area contributed by atoms with E-state index in [1.165, 1.54) is 0 Å². The highest BCUT2D eigenvalue weighted by atomic mass is 35.5. The van der Waals surface area contributed by atoms with Gasteiger partial charge < -0.3 is 30.6 Å². The van der Waals surface area contributed by atoms with Crippen molar-refractivity contribution in [2.45, 2.75) is 38.8 Å². The smallest absolute Gasteiger partial charge is 0.315 e. The number of fused-ring (bicyclic) bond motifs is 1. The van der Waals surface area contributed by atoms with Crippen LogP contribution in [0.15, 0.2) is 42.5 Å². The van der Waals surface area contributed by atoms with Gasteiger partial charge in [0.05, 0.1) is 24.2 Å². The highest BCUT2D eigenvalue weighted by molar-refractivity contribution is 5.97. The third kappa shape index (κ3) is 7.05. The summed E-state index contributed by atoms with van der Waals surface area (Å²) >= 11 is 0. The zero-order valence-corrected chi connectivity index (χ0v) is 22.8. The molecule has 1 atom stereocenters. The van der Waals surface area contributed by atoms with Crippen LogP contribution in [0.4, 0.5) is 5.69 Å². The minimum Gasteiger partial charge on any atom is -0.466 e. The van der Waals surface area contributed by atoms with Crippen molar-refractivity contribution in [3.8, 4) is 0 Å². The van der Waals surface area contributed by atoms with Crippen molar-refractivity contribution < 1.29 is 19.1 Å². The number of rotatable bonds is 10. The second-order valence-electron chi connectivity index (χ2n) is 9.19. The van der Waals surface area contributed by atoms with Gasteiger partial charge in [0.2, 0.25) is 11.8 Å². The van der Waals surface area contributed by atoms with Crippen LogP contribution in [-0.2, 0) is 32.7 Å². The zero-order chi connectivity index (χ0) is 27.2. The van der Waals surface area contributed by atoms with Crippen molar-refractivity contribution in [3.63, 3.8) is 0 Å². The third-order valence-corrected chi connectivity index (χ3v) is 6.56. The Kier molecular flexibility index (Phi) is 9.89. The number of aryl methyl sites for hydroxylation is 1. The molecule has 2 amide bonds. The molecule has 1 fully saturated rings. The number of nitrogens with two attached hydrogens (primary N) is 1. The monoisotopic (exact) mass is 555 g/mol. The Balaban J connectivity index is 0.00000420. The lowest BCUT2D eigenvalue weighted by Gasteiger charge is -2.24. The number of esters is 1. The van der Waals surface area contributed by atoms with Gasteiger partial charge in [-0.3, -0.25) is 19.8 Å². The molecule has 2 aromatic carbocycles. The fourth-order valence-electron chi connectivity index (χ4n) is 4.52. The van der Waals surface area contributed by atoms with Crippen LogP contribution in [0.1, 0.15) is 49.2 Å². The summed E-state index contributed by atoms with van der Waals surface area (Å²) in [4.78, 5) is 44.3. The van der Waals surface area contributed by atoms with Crippen LogP contribution in [0, 0.1) is 5.41 Å². The summed E-state index contributed by atoms with van der Waals surface area (Å²) in [6, 6.07) is 11.8. The number of hydrogen-bond donors (Lipinski definition) is 4. The zero-order valence-electron chi connectivity index (χ0n) is 22.0. The normalized spacial score (nSPS) is 13.4. The van der Waals surface area contributed by atoms with Gasteiger partial charge in [-0.05, 0) is 61.7 Å². The van der Waals surface area contributed by atoms with E-state index in [1.54, 1.807) is 24.0 Å². The summed E-state index contributed by atoms with van der Waals surface area (Å²) in [6.45, 7) is 3.58. The highest BCUT2D eigenvalue weighted by Crippen LogP contribution is 2.25. The number of nitrogens with zero attached hydrogens (tertiary/aromatic N) is 3. The maximum atomic E-state index is 13.4. The fraction of sp³-hybridized carbons (Fsp3) is 0.370. The van der Waals surface area contributed by atoms with Gasteiger partial charge in [-0.2, -0.15) is 0 Å². The van der Waals surface area contributed by atoms with Crippen LogP contribution in [-0.4, -0.2) is 57.8 Å². The molecule has 1 aromatic heterocycles. The highest BCUT2D eigenvalue weighted by Gasteiger charge is 2.30. The number of aromatic nitrogens is 2. The molecule has 5 N–H and O–H groups in total. The van der Waals surface area contributed by atoms with Gasteiger partial charge in [-0.15, -0.1) is 12.4 Å². The van der Waals surface area contributed by atoms with Crippen LogP contribution in [0.5, 0.6) is 0 Å². The Morgan fingerprint density at radius 1 is 1.13 bits per heavy atom. The van der Waals surface area contributed by atoms with Crippen LogP contribution >= 0.6 is 12.4 Å². The number of nitrogen functional groups attached to an aromatic ring is 1. The predicted molar refractivity (Wildman–Crippen MR) is 151 cm³/mol. The van der Waals surface area contributed by atoms with Crippen molar-refractivity contribution in [3.05, 3.63) is 59.4 Å². The molecule has 11 nitrogen and oxygen atoms in total. The Morgan fingerprint density at radius 3 is 2.46 bits per heavy atom. The summed E-state index contributed by atoms with van der Waals surface area (Å²) in [5, 5.41) is 13.6. The molecular formula is C27H34ClN7O4. The Labute approximate surface area is 233 Å². The number of benzene rings is 2. The molecule has 1 aliphatic rings. The number of ether oxygens (including phenoxy) is 1. The molecule has 0 saturated carbocycles. The quantitative estimate of drug-likeness (QED) is 0.130. The molecular weight excluding hydrogens is 522 g/mol.